The van der Waals surface area contributed by atoms with Gasteiger partial charge in [-0.1, -0.05) is 54.6 Å². The Morgan fingerprint density at radius 3 is 2.40 bits per heavy atom. The number of tetrazole rings is 1. The average molecular weight is 409 g/mol. The average Bonchev–Trinajstić information content (AvgIpc) is 3.30. The van der Waals surface area contributed by atoms with Crippen LogP contribution in [-0.2, 0) is 32.2 Å². The molecule has 1 amide bonds. The first-order chi connectivity index (χ1) is 14.5. The first-order valence-corrected chi connectivity index (χ1v) is 9.49. The lowest BCUT2D eigenvalue weighted by atomic mass is 10.0. The molecule has 2 aromatic carbocycles. The van der Waals surface area contributed by atoms with Crippen LogP contribution in [0.25, 0.3) is 11.1 Å². The maximum absolute atomic E-state index is 12.7. The number of nitrogens with zero attached hydrogens (tertiary/aromatic N) is 3. The predicted molar refractivity (Wildman–Crippen MR) is 108 cm³/mol. The molecule has 0 spiro atoms. The van der Waals surface area contributed by atoms with Gasteiger partial charge in [0, 0.05) is 0 Å². The highest BCUT2D eigenvalue weighted by atomic mass is 16.6. The molecule has 3 rings (SSSR count). The van der Waals surface area contributed by atoms with Crippen molar-refractivity contribution in [2.75, 3.05) is 6.61 Å². The number of carbonyl (C=O) groups is 2. The Hall–Kier alpha value is -3.59. The summed E-state index contributed by atoms with van der Waals surface area (Å²) in [6.07, 6.45) is 0. The highest BCUT2D eigenvalue weighted by Crippen LogP contribution is 2.21. The van der Waals surface area contributed by atoms with Crippen molar-refractivity contribution in [2.24, 2.45) is 0 Å². The van der Waals surface area contributed by atoms with Gasteiger partial charge in [-0.15, -0.1) is 5.10 Å². The Morgan fingerprint density at radius 2 is 1.77 bits per heavy atom. The summed E-state index contributed by atoms with van der Waals surface area (Å²) in [4.78, 5) is 25.2. The van der Waals surface area contributed by atoms with Gasteiger partial charge in [-0.3, -0.25) is 4.79 Å². The molecular weight excluding hydrogens is 386 g/mol. The molecule has 0 bridgehead atoms. The van der Waals surface area contributed by atoms with Gasteiger partial charge in [0.1, 0.15) is 0 Å². The van der Waals surface area contributed by atoms with E-state index in [1.54, 1.807) is 6.92 Å². The number of aromatic amines is 1. The third-order valence-electron chi connectivity index (χ3n) is 4.49. The minimum atomic E-state index is -1.82. The Bertz CT molecular complexity index is 961. The van der Waals surface area contributed by atoms with E-state index in [1.165, 1.54) is 6.92 Å². The molecule has 0 saturated heterocycles. The summed E-state index contributed by atoms with van der Waals surface area (Å²) < 4.78 is 10.8. The number of carbonyl (C=O) groups excluding carboxylic acids is 2. The van der Waals surface area contributed by atoms with Gasteiger partial charge < -0.3 is 14.8 Å². The van der Waals surface area contributed by atoms with Gasteiger partial charge in [-0.05, 0) is 41.0 Å². The topological polar surface area (TPSA) is 119 Å². The monoisotopic (exact) mass is 409 g/mol. The molecule has 0 aliphatic rings. The van der Waals surface area contributed by atoms with Crippen LogP contribution in [0.3, 0.4) is 0 Å². The van der Waals surface area contributed by atoms with Crippen LogP contribution in [0.2, 0.25) is 0 Å². The van der Waals surface area contributed by atoms with Crippen molar-refractivity contribution in [3.05, 3.63) is 66.0 Å². The highest BCUT2D eigenvalue weighted by molar-refractivity contribution is 6.05. The molecule has 156 valence electrons. The molecule has 30 heavy (non-hydrogen) atoms. The lowest BCUT2D eigenvalue weighted by Crippen LogP contribution is -2.53. The number of esters is 1. The van der Waals surface area contributed by atoms with E-state index in [0.717, 1.165) is 16.7 Å². The van der Waals surface area contributed by atoms with Crippen molar-refractivity contribution in [1.82, 2.24) is 25.9 Å². The second-order valence-electron chi connectivity index (χ2n) is 6.64. The lowest BCUT2D eigenvalue weighted by Gasteiger charge is -2.26. The van der Waals surface area contributed by atoms with Crippen LogP contribution in [0, 0.1) is 0 Å². The van der Waals surface area contributed by atoms with E-state index in [4.69, 9.17) is 9.47 Å². The molecule has 2 N–H and O–H groups in total. The standard InChI is InChI=1S/C21H23N5O4/c1-3-29-20(28)21(2,19(27)22-13-18-23-25-26-24-18)30-14-15-9-11-17(12-10-15)16-7-5-4-6-8-16/h4-12H,3,13-14H2,1-2H3,(H,22,27)(H,23,24,25,26). The summed E-state index contributed by atoms with van der Waals surface area (Å²) in [6.45, 7) is 3.26. The molecule has 9 nitrogen and oxygen atoms in total. The molecule has 9 heteroatoms. The Kier molecular flexibility index (Phi) is 6.87. The fourth-order valence-corrected chi connectivity index (χ4v) is 2.72. The van der Waals surface area contributed by atoms with E-state index in [2.05, 4.69) is 25.9 Å². The quantitative estimate of drug-likeness (QED) is 0.410. The summed E-state index contributed by atoms with van der Waals surface area (Å²) in [5, 5.41) is 15.7. The largest absolute Gasteiger partial charge is 0.463 e. The molecule has 3 aromatic rings. The van der Waals surface area contributed by atoms with Crippen molar-refractivity contribution in [2.45, 2.75) is 32.6 Å². The van der Waals surface area contributed by atoms with Crippen LogP contribution in [0.15, 0.2) is 54.6 Å². The molecule has 1 atom stereocenters. The SMILES string of the molecule is CCOC(=O)C(C)(OCc1ccc(-c2ccccc2)cc1)C(=O)NCc1nnn[nH]1. The van der Waals surface area contributed by atoms with Gasteiger partial charge in [0.25, 0.3) is 5.91 Å². The fraction of sp³-hybridized carbons (Fsp3) is 0.286. The first-order valence-electron chi connectivity index (χ1n) is 9.49. The number of nitrogens with one attached hydrogen (secondary N) is 2. The molecule has 1 aromatic heterocycles. The number of hydrogen-bond acceptors (Lipinski definition) is 7. The molecule has 1 heterocycles. The van der Waals surface area contributed by atoms with Crippen LogP contribution in [0.4, 0.5) is 0 Å². The van der Waals surface area contributed by atoms with Crippen molar-refractivity contribution >= 4 is 11.9 Å². The fourth-order valence-electron chi connectivity index (χ4n) is 2.72. The zero-order valence-electron chi connectivity index (χ0n) is 16.8. The minimum absolute atomic E-state index is 0.0238. The number of amides is 1. The predicted octanol–water partition coefficient (Wildman–Crippen LogP) is 2.02. The maximum Gasteiger partial charge on any atom is 0.348 e. The number of rotatable bonds is 9. The zero-order valence-corrected chi connectivity index (χ0v) is 16.8. The Morgan fingerprint density at radius 1 is 1.07 bits per heavy atom. The normalized spacial score (nSPS) is 12.7. The first kappa shape index (κ1) is 21.1. The molecule has 1 unspecified atom stereocenters. The van der Waals surface area contributed by atoms with Crippen LogP contribution < -0.4 is 5.32 Å². The van der Waals surface area contributed by atoms with Crippen LogP contribution >= 0.6 is 0 Å². The van der Waals surface area contributed by atoms with E-state index >= 15 is 0 Å². The third-order valence-corrected chi connectivity index (χ3v) is 4.49. The van der Waals surface area contributed by atoms with Crippen molar-refractivity contribution < 1.29 is 19.1 Å². The Balaban J connectivity index is 1.68. The van der Waals surface area contributed by atoms with Crippen molar-refractivity contribution in [3.8, 4) is 11.1 Å². The van der Waals surface area contributed by atoms with Gasteiger partial charge in [0.2, 0.25) is 5.60 Å². The van der Waals surface area contributed by atoms with Gasteiger partial charge in [-0.2, -0.15) is 0 Å². The summed E-state index contributed by atoms with van der Waals surface area (Å²) >= 11 is 0. The van der Waals surface area contributed by atoms with E-state index < -0.39 is 17.5 Å². The summed E-state index contributed by atoms with van der Waals surface area (Å²) in [5.74, 6) is -1.05. The summed E-state index contributed by atoms with van der Waals surface area (Å²) in [7, 11) is 0. The van der Waals surface area contributed by atoms with Crippen LogP contribution in [-0.4, -0.2) is 44.7 Å². The lowest BCUT2D eigenvalue weighted by molar-refractivity contribution is -0.177. The van der Waals surface area contributed by atoms with Gasteiger partial charge in [0.05, 0.1) is 19.8 Å². The summed E-state index contributed by atoms with van der Waals surface area (Å²) in [6, 6.07) is 17.7. The van der Waals surface area contributed by atoms with Crippen molar-refractivity contribution in [1.29, 1.82) is 0 Å². The third kappa shape index (κ3) is 5.06. The number of aromatic nitrogens is 4. The molecule has 0 aliphatic carbocycles. The Labute approximate surface area is 173 Å². The number of benzene rings is 2. The number of H-pyrrole nitrogens is 1. The maximum atomic E-state index is 12.7. The number of ether oxygens (including phenoxy) is 2. The van der Waals surface area contributed by atoms with Gasteiger partial charge in [0.15, 0.2) is 5.82 Å². The second-order valence-corrected chi connectivity index (χ2v) is 6.64. The van der Waals surface area contributed by atoms with E-state index in [1.807, 2.05) is 54.6 Å². The summed E-state index contributed by atoms with van der Waals surface area (Å²) in [5.41, 5.74) is 1.16. The van der Waals surface area contributed by atoms with Gasteiger partial charge in [-0.25, -0.2) is 9.89 Å². The van der Waals surface area contributed by atoms with E-state index in [-0.39, 0.29) is 19.8 Å². The second kappa shape index (κ2) is 9.75. The minimum Gasteiger partial charge on any atom is -0.463 e. The van der Waals surface area contributed by atoms with Gasteiger partial charge >= 0.3 is 5.97 Å². The molecule has 0 fully saturated rings. The highest BCUT2D eigenvalue weighted by Gasteiger charge is 2.44. The van der Waals surface area contributed by atoms with E-state index in [0.29, 0.717) is 5.82 Å². The van der Waals surface area contributed by atoms with Crippen LogP contribution in [0.5, 0.6) is 0 Å². The number of hydrogen-bond donors (Lipinski definition) is 2. The van der Waals surface area contributed by atoms with Crippen LogP contribution in [0.1, 0.15) is 25.2 Å². The van der Waals surface area contributed by atoms with E-state index in [9.17, 15) is 9.59 Å². The zero-order chi connectivity index (χ0) is 21.4. The smallest absolute Gasteiger partial charge is 0.348 e. The molecule has 0 aliphatic heterocycles. The molecule has 0 radical (unpaired) electrons. The van der Waals surface area contributed by atoms with Crippen molar-refractivity contribution in [3.63, 3.8) is 0 Å². The molecular formula is C21H23N5O4. The molecule has 0 saturated carbocycles.